The van der Waals surface area contributed by atoms with Crippen LogP contribution in [-0.2, 0) is 17.6 Å². The van der Waals surface area contributed by atoms with Crippen molar-refractivity contribution in [3.05, 3.63) is 70.7 Å². The number of thiazole rings is 1. The molecule has 25 heavy (non-hydrogen) atoms. The van der Waals surface area contributed by atoms with E-state index in [1.54, 1.807) is 11.3 Å². The van der Waals surface area contributed by atoms with E-state index in [1.165, 1.54) is 5.56 Å². The number of aromatic nitrogens is 1. The van der Waals surface area contributed by atoms with Gasteiger partial charge in [-0.3, -0.25) is 4.79 Å². The Labute approximate surface area is 150 Å². The Morgan fingerprint density at radius 1 is 1.16 bits per heavy atom. The Kier molecular flexibility index (Phi) is 5.22. The van der Waals surface area contributed by atoms with Crippen molar-refractivity contribution < 1.29 is 4.79 Å². The number of hydrogen-bond donors (Lipinski definition) is 1. The van der Waals surface area contributed by atoms with Crippen molar-refractivity contribution in [1.29, 1.82) is 5.26 Å². The molecule has 0 saturated heterocycles. The molecule has 1 aromatic heterocycles. The number of carbonyl (C=O) groups is 1. The van der Waals surface area contributed by atoms with Gasteiger partial charge in [0, 0.05) is 16.6 Å². The largest absolute Gasteiger partial charge is 0.326 e. The number of hydrogen-bond acceptors (Lipinski definition) is 4. The number of carbonyl (C=O) groups excluding carboxylic acids is 1. The summed E-state index contributed by atoms with van der Waals surface area (Å²) < 4.78 is 0. The van der Waals surface area contributed by atoms with E-state index in [0.717, 1.165) is 27.5 Å². The van der Waals surface area contributed by atoms with Crippen molar-refractivity contribution in [3.63, 3.8) is 0 Å². The first-order valence-electron chi connectivity index (χ1n) is 7.91. The molecule has 0 aliphatic heterocycles. The highest BCUT2D eigenvalue weighted by Crippen LogP contribution is 2.24. The van der Waals surface area contributed by atoms with Crippen molar-refractivity contribution in [3.8, 4) is 16.6 Å². The van der Waals surface area contributed by atoms with Crippen molar-refractivity contribution in [2.24, 2.45) is 0 Å². The minimum Gasteiger partial charge on any atom is -0.326 e. The van der Waals surface area contributed by atoms with Crippen LogP contribution in [0.25, 0.3) is 10.6 Å². The molecule has 0 aliphatic rings. The summed E-state index contributed by atoms with van der Waals surface area (Å²) in [5.74, 6) is -0.103. The molecule has 0 radical (unpaired) electrons. The number of aryl methyl sites for hydroxylation is 1. The van der Waals surface area contributed by atoms with E-state index in [2.05, 4.69) is 28.5 Å². The number of nitrogens with one attached hydrogen (secondary N) is 1. The van der Waals surface area contributed by atoms with E-state index in [4.69, 9.17) is 5.26 Å². The Balaban J connectivity index is 1.61. The predicted molar refractivity (Wildman–Crippen MR) is 100 cm³/mol. The van der Waals surface area contributed by atoms with Gasteiger partial charge in [-0.05, 0) is 24.6 Å². The van der Waals surface area contributed by atoms with Crippen molar-refractivity contribution in [1.82, 2.24) is 4.98 Å². The van der Waals surface area contributed by atoms with Crippen LogP contribution in [0.1, 0.15) is 16.8 Å². The van der Waals surface area contributed by atoms with Gasteiger partial charge in [0.25, 0.3) is 0 Å². The van der Waals surface area contributed by atoms with Crippen LogP contribution < -0.4 is 5.32 Å². The quantitative estimate of drug-likeness (QED) is 0.745. The second-order valence-corrected chi connectivity index (χ2v) is 6.62. The number of amides is 1. The molecular formula is C20H17N3OS. The van der Waals surface area contributed by atoms with Crippen LogP contribution >= 0.6 is 11.3 Å². The van der Waals surface area contributed by atoms with Gasteiger partial charge in [-0.15, -0.1) is 11.3 Å². The second-order valence-electron chi connectivity index (χ2n) is 5.77. The summed E-state index contributed by atoms with van der Waals surface area (Å²) in [6, 6.07) is 17.6. The van der Waals surface area contributed by atoms with E-state index in [9.17, 15) is 4.79 Å². The molecule has 2 aromatic carbocycles. The summed E-state index contributed by atoms with van der Waals surface area (Å²) in [6.45, 7) is 2.05. The normalized spacial score (nSPS) is 10.2. The van der Waals surface area contributed by atoms with Gasteiger partial charge in [0.1, 0.15) is 5.01 Å². The summed E-state index contributed by atoms with van der Waals surface area (Å²) >= 11 is 1.54. The first kappa shape index (κ1) is 16.9. The fourth-order valence-corrected chi connectivity index (χ4v) is 3.21. The van der Waals surface area contributed by atoms with E-state index < -0.39 is 0 Å². The molecule has 5 heteroatoms. The molecule has 0 fully saturated rings. The van der Waals surface area contributed by atoms with Crippen LogP contribution in [-0.4, -0.2) is 10.9 Å². The van der Waals surface area contributed by atoms with Gasteiger partial charge < -0.3 is 5.32 Å². The SMILES string of the molecule is Cc1ccc(-c2nc(CC(=O)Nc3ccc(CC#N)cc3)cs2)cc1. The maximum Gasteiger partial charge on any atom is 0.230 e. The molecule has 1 heterocycles. The number of anilines is 1. The van der Waals surface area contributed by atoms with E-state index in [-0.39, 0.29) is 12.3 Å². The molecule has 0 spiro atoms. The van der Waals surface area contributed by atoms with Gasteiger partial charge in [-0.25, -0.2) is 4.98 Å². The molecule has 3 rings (SSSR count). The molecule has 0 atom stereocenters. The lowest BCUT2D eigenvalue weighted by Crippen LogP contribution is -2.14. The second kappa shape index (κ2) is 7.73. The lowest BCUT2D eigenvalue weighted by atomic mass is 10.1. The first-order chi connectivity index (χ1) is 12.1. The topological polar surface area (TPSA) is 65.8 Å². The molecule has 1 N–H and O–H groups in total. The van der Waals surface area contributed by atoms with Crippen LogP contribution in [0.5, 0.6) is 0 Å². The molecule has 0 aliphatic carbocycles. The molecule has 0 saturated carbocycles. The Hall–Kier alpha value is -2.97. The lowest BCUT2D eigenvalue weighted by molar-refractivity contribution is -0.115. The van der Waals surface area contributed by atoms with Crippen LogP contribution in [0, 0.1) is 18.3 Å². The maximum absolute atomic E-state index is 12.2. The summed E-state index contributed by atoms with van der Waals surface area (Å²) in [5.41, 5.74) is 4.69. The van der Waals surface area contributed by atoms with Gasteiger partial charge in [0.2, 0.25) is 5.91 Å². The highest BCUT2D eigenvalue weighted by Gasteiger charge is 2.09. The molecule has 0 bridgehead atoms. The third-order valence-electron chi connectivity index (χ3n) is 3.71. The molecule has 1 amide bonds. The van der Waals surface area contributed by atoms with Crippen molar-refractivity contribution >= 4 is 22.9 Å². The van der Waals surface area contributed by atoms with Crippen molar-refractivity contribution in [2.45, 2.75) is 19.8 Å². The molecule has 3 aromatic rings. The summed E-state index contributed by atoms with van der Waals surface area (Å²) in [6.07, 6.45) is 0.608. The Bertz CT molecular complexity index is 905. The number of rotatable bonds is 5. The van der Waals surface area contributed by atoms with E-state index in [0.29, 0.717) is 6.42 Å². The summed E-state index contributed by atoms with van der Waals surface area (Å²) in [5, 5.41) is 14.4. The minimum atomic E-state index is -0.103. The highest BCUT2D eigenvalue weighted by atomic mass is 32.1. The smallest absolute Gasteiger partial charge is 0.230 e. The van der Waals surface area contributed by atoms with Gasteiger partial charge in [0.15, 0.2) is 0 Å². The summed E-state index contributed by atoms with van der Waals surface area (Å²) in [4.78, 5) is 16.7. The van der Waals surface area contributed by atoms with Gasteiger partial charge in [-0.2, -0.15) is 5.26 Å². The fourth-order valence-electron chi connectivity index (χ4n) is 2.38. The third kappa shape index (κ3) is 4.52. The van der Waals surface area contributed by atoms with E-state index in [1.807, 2.05) is 48.7 Å². The highest BCUT2D eigenvalue weighted by molar-refractivity contribution is 7.13. The van der Waals surface area contributed by atoms with E-state index >= 15 is 0 Å². The molecular weight excluding hydrogens is 330 g/mol. The predicted octanol–water partition coefficient (Wildman–Crippen LogP) is 4.37. The summed E-state index contributed by atoms with van der Waals surface area (Å²) in [7, 11) is 0. The number of nitrogens with zero attached hydrogens (tertiary/aromatic N) is 2. The molecule has 4 nitrogen and oxygen atoms in total. The van der Waals surface area contributed by atoms with Crippen LogP contribution in [0.15, 0.2) is 53.9 Å². The average molecular weight is 347 g/mol. The zero-order valence-electron chi connectivity index (χ0n) is 13.8. The van der Waals surface area contributed by atoms with Gasteiger partial charge in [-0.1, -0.05) is 42.0 Å². The van der Waals surface area contributed by atoms with Crippen LogP contribution in [0.3, 0.4) is 0 Å². The van der Waals surface area contributed by atoms with Crippen LogP contribution in [0.2, 0.25) is 0 Å². The van der Waals surface area contributed by atoms with Gasteiger partial charge >= 0.3 is 0 Å². The van der Waals surface area contributed by atoms with Crippen molar-refractivity contribution in [2.75, 3.05) is 5.32 Å². The number of benzene rings is 2. The monoisotopic (exact) mass is 347 g/mol. The molecule has 124 valence electrons. The lowest BCUT2D eigenvalue weighted by Gasteiger charge is -2.04. The Morgan fingerprint density at radius 3 is 2.56 bits per heavy atom. The zero-order valence-corrected chi connectivity index (χ0v) is 14.6. The fraction of sp³-hybridized carbons (Fsp3) is 0.150. The van der Waals surface area contributed by atoms with Gasteiger partial charge in [0.05, 0.1) is 24.6 Å². The first-order valence-corrected chi connectivity index (χ1v) is 8.79. The minimum absolute atomic E-state index is 0.103. The zero-order chi connectivity index (χ0) is 17.6. The standard InChI is InChI=1S/C20H17N3OS/c1-14-2-6-16(7-3-14)20-23-18(13-25-20)12-19(24)22-17-8-4-15(5-9-17)10-11-21/h2-9,13H,10,12H2,1H3,(H,22,24). The van der Waals surface area contributed by atoms with Crippen LogP contribution in [0.4, 0.5) is 5.69 Å². The average Bonchev–Trinajstić information content (AvgIpc) is 3.06. The Morgan fingerprint density at radius 2 is 1.88 bits per heavy atom. The molecule has 0 unspecified atom stereocenters. The third-order valence-corrected chi connectivity index (χ3v) is 4.65. The number of nitriles is 1. The maximum atomic E-state index is 12.2.